The number of hydrogen-bond acceptors (Lipinski definition) is 2. The van der Waals surface area contributed by atoms with Gasteiger partial charge in [-0.2, -0.15) is 0 Å². The van der Waals surface area contributed by atoms with E-state index in [4.69, 9.17) is 0 Å². The zero-order valence-electron chi connectivity index (χ0n) is 11.3. The number of amides is 1. The summed E-state index contributed by atoms with van der Waals surface area (Å²) in [7, 11) is 0. The summed E-state index contributed by atoms with van der Waals surface area (Å²) in [4.78, 5) is 11.6. The van der Waals surface area contributed by atoms with Gasteiger partial charge in [0, 0.05) is 23.5 Å². The molecule has 1 saturated heterocycles. The van der Waals surface area contributed by atoms with Crippen molar-refractivity contribution in [2.45, 2.75) is 77.4 Å². The molecule has 1 aliphatic rings. The second kappa shape index (κ2) is 4.74. The molecule has 1 heterocycles. The van der Waals surface area contributed by atoms with Crippen LogP contribution in [0.15, 0.2) is 0 Å². The van der Waals surface area contributed by atoms with Crippen LogP contribution in [0.4, 0.5) is 0 Å². The van der Waals surface area contributed by atoms with Crippen molar-refractivity contribution in [2.75, 3.05) is 0 Å². The van der Waals surface area contributed by atoms with E-state index < -0.39 is 0 Å². The molecule has 0 bridgehead atoms. The van der Waals surface area contributed by atoms with Crippen LogP contribution in [0.3, 0.4) is 0 Å². The molecule has 0 aromatic rings. The fourth-order valence-electron chi connectivity index (χ4n) is 2.95. The first-order chi connectivity index (χ1) is 7.24. The quantitative estimate of drug-likeness (QED) is 0.774. The van der Waals surface area contributed by atoms with Crippen LogP contribution in [0.5, 0.6) is 0 Å². The van der Waals surface area contributed by atoms with Gasteiger partial charge in [0.05, 0.1) is 0 Å². The van der Waals surface area contributed by atoms with Crippen molar-refractivity contribution < 1.29 is 4.79 Å². The Morgan fingerprint density at radius 2 is 1.75 bits per heavy atom. The third-order valence-electron chi connectivity index (χ3n) is 3.03. The molecule has 0 saturated carbocycles. The standard InChI is InChI=1S/C13H26N2O/c1-6-7-11(16)14-10-8-12(2,3)15-13(4,5)9-10/h10,15H,6-9H2,1-5H3,(H,14,16). The molecule has 0 atom stereocenters. The lowest BCUT2D eigenvalue weighted by Crippen LogP contribution is -2.62. The molecule has 3 heteroatoms. The maximum Gasteiger partial charge on any atom is 0.220 e. The van der Waals surface area contributed by atoms with Crippen LogP contribution >= 0.6 is 0 Å². The van der Waals surface area contributed by atoms with Gasteiger partial charge >= 0.3 is 0 Å². The fourth-order valence-corrected chi connectivity index (χ4v) is 2.95. The highest BCUT2D eigenvalue weighted by Crippen LogP contribution is 2.28. The van der Waals surface area contributed by atoms with Crippen LogP contribution in [-0.2, 0) is 4.79 Å². The van der Waals surface area contributed by atoms with Crippen molar-refractivity contribution in [1.29, 1.82) is 0 Å². The number of carbonyl (C=O) groups excluding carboxylic acids is 1. The normalized spacial score (nSPS) is 24.1. The van der Waals surface area contributed by atoms with Crippen LogP contribution in [0.25, 0.3) is 0 Å². The molecule has 3 nitrogen and oxygen atoms in total. The predicted octanol–water partition coefficient (Wildman–Crippen LogP) is 2.21. The SMILES string of the molecule is CCCC(=O)NC1CC(C)(C)NC(C)(C)C1. The van der Waals surface area contributed by atoms with Gasteiger partial charge in [-0.25, -0.2) is 0 Å². The van der Waals surface area contributed by atoms with Gasteiger partial charge in [-0.3, -0.25) is 4.79 Å². The summed E-state index contributed by atoms with van der Waals surface area (Å²) in [5, 5.41) is 6.77. The van der Waals surface area contributed by atoms with Crippen molar-refractivity contribution in [3.05, 3.63) is 0 Å². The summed E-state index contributed by atoms with van der Waals surface area (Å²) < 4.78 is 0. The molecule has 0 unspecified atom stereocenters. The molecule has 1 aliphatic heterocycles. The molecule has 1 amide bonds. The van der Waals surface area contributed by atoms with Crippen molar-refractivity contribution in [2.24, 2.45) is 0 Å². The van der Waals surface area contributed by atoms with E-state index in [-0.39, 0.29) is 17.0 Å². The Morgan fingerprint density at radius 1 is 1.25 bits per heavy atom. The molecule has 0 aromatic carbocycles. The van der Waals surface area contributed by atoms with Crippen molar-refractivity contribution >= 4 is 5.91 Å². The lowest BCUT2D eigenvalue weighted by atomic mass is 9.79. The molecule has 1 fully saturated rings. The lowest BCUT2D eigenvalue weighted by Gasteiger charge is -2.46. The van der Waals surface area contributed by atoms with Gasteiger partial charge in [0.25, 0.3) is 0 Å². The zero-order chi connectivity index (χ0) is 12.4. The highest BCUT2D eigenvalue weighted by Gasteiger charge is 2.37. The molecule has 0 aliphatic carbocycles. The molecule has 94 valence electrons. The zero-order valence-corrected chi connectivity index (χ0v) is 11.3. The minimum Gasteiger partial charge on any atom is -0.353 e. The highest BCUT2D eigenvalue weighted by atomic mass is 16.1. The Labute approximate surface area is 99.4 Å². The van der Waals surface area contributed by atoms with E-state index in [0.717, 1.165) is 19.3 Å². The van der Waals surface area contributed by atoms with Gasteiger partial charge in [0.2, 0.25) is 5.91 Å². The number of carbonyl (C=O) groups is 1. The minimum atomic E-state index is 0.103. The summed E-state index contributed by atoms with van der Waals surface area (Å²) >= 11 is 0. The number of rotatable bonds is 3. The van der Waals surface area contributed by atoms with Gasteiger partial charge in [0.15, 0.2) is 0 Å². The molecule has 0 aromatic heterocycles. The minimum absolute atomic E-state index is 0.103. The summed E-state index contributed by atoms with van der Waals surface area (Å²) in [6.07, 6.45) is 3.58. The van der Waals surface area contributed by atoms with Crippen LogP contribution < -0.4 is 10.6 Å². The van der Waals surface area contributed by atoms with Crippen molar-refractivity contribution in [3.63, 3.8) is 0 Å². The van der Waals surface area contributed by atoms with Crippen molar-refractivity contribution in [3.8, 4) is 0 Å². The Kier molecular flexibility index (Phi) is 4.00. The monoisotopic (exact) mass is 226 g/mol. The average molecular weight is 226 g/mol. The number of nitrogens with one attached hydrogen (secondary N) is 2. The van der Waals surface area contributed by atoms with Gasteiger partial charge in [0.1, 0.15) is 0 Å². The van der Waals surface area contributed by atoms with E-state index in [9.17, 15) is 4.79 Å². The van der Waals surface area contributed by atoms with Crippen LogP contribution in [0, 0.1) is 0 Å². The Hall–Kier alpha value is -0.570. The predicted molar refractivity (Wildman–Crippen MR) is 67.4 cm³/mol. The Bertz CT molecular complexity index is 243. The summed E-state index contributed by atoms with van der Waals surface area (Å²) in [6.45, 7) is 10.8. The van der Waals surface area contributed by atoms with Gasteiger partial charge in [-0.05, 0) is 47.0 Å². The van der Waals surface area contributed by atoms with Gasteiger partial charge in [-0.1, -0.05) is 6.92 Å². The van der Waals surface area contributed by atoms with E-state index in [1.165, 1.54) is 0 Å². The molecule has 1 rings (SSSR count). The lowest BCUT2D eigenvalue weighted by molar-refractivity contribution is -0.122. The maximum absolute atomic E-state index is 11.6. The molecule has 2 N–H and O–H groups in total. The highest BCUT2D eigenvalue weighted by molar-refractivity contribution is 5.76. The molecule has 16 heavy (non-hydrogen) atoms. The average Bonchev–Trinajstić information content (AvgIpc) is 1.96. The Balaban J connectivity index is 2.57. The molecular formula is C13H26N2O. The van der Waals surface area contributed by atoms with E-state index in [2.05, 4.69) is 38.3 Å². The molecular weight excluding hydrogens is 200 g/mol. The second-order valence-electron chi connectivity index (χ2n) is 6.32. The first kappa shape index (κ1) is 13.5. The first-order valence-corrected chi connectivity index (χ1v) is 6.33. The topological polar surface area (TPSA) is 41.1 Å². The summed E-state index contributed by atoms with van der Waals surface area (Å²) in [5.41, 5.74) is 0.206. The fraction of sp³-hybridized carbons (Fsp3) is 0.923. The number of piperidine rings is 1. The Morgan fingerprint density at radius 3 is 2.19 bits per heavy atom. The van der Waals surface area contributed by atoms with Crippen molar-refractivity contribution in [1.82, 2.24) is 10.6 Å². The van der Waals surface area contributed by atoms with Crippen LogP contribution in [-0.4, -0.2) is 23.0 Å². The summed E-state index contributed by atoms with van der Waals surface area (Å²) in [6, 6.07) is 0.310. The maximum atomic E-state index is 11.6. The second-order valence-corrected chi connectivity index (χ2v) is 6.32. The van der Waals surface area contributed by atoms with Crippen LogP contribution in [0.2, 0.25) is 0 Å². The third-order valence-corrected chi connectivity index (χ3v) is 3.03. The van der Waals surface area contributed by atoms with E-state index in [1.807, 2.05) is 6.92 Å². The van der Waals surface area contributed by atoms with E-state index >= 15 is 0 Å². The van der Waals surface area contributed by atoms with E-state index in [0.29, 0.717) is 12.5 Å². The van der Waals surface area contributed by atoms with Gasteiger partial charge in [-0.15, -0.1) is 0 Å². The molecule has 0 radical (unpaired) electrons. The summed E-state index contributed by atoms with van der Waals surface area (Å²) in [5.74, 6) is 0.195. The third kappa shape index (κ3) is 4.12. The molecule has 0 spiro atoms. The number of hydrogen-bond donors (Lipinski definition) is 2. The van der Waals surface area contributed by atoms with Gasteiger partial charge < -0.3 is 10.6 Å². The smallest absolute Gasteiger partial charge is 0.220 e. The van der Waals surface area contributed by atoms with E-state index in [1.54, 1.807) is 0 Å². The first-order valence-electron chi connectivity index (χ1n) is 6.33. The largest absolute Gasteiger partial charge is 0.353 e. The van der Waals surface area contributed by atoms with Crippen LogP contribution in [0.1, 0.15) is 60.3 Å².